The Morgan fingerprint density at radius 2 is 1.71 bits per heavy atom. The summed E-state index contributed by atoms with van der Waals surface area (Å²) >= 11 is 3.44. The number of hydrogen-bond donors (Lipinski definition) is 2. The smallest absolute Gasteiger partial charge is 0.406 e. The fourth-order valence-corrected chi connectivity index (χ4v) is 3.28. The molecule has 0 saturated carbocycles. The van der Waals surface area contributed by atoms with Gasteiger partial charge in [-0.15, -0.1) is 13.2 Å². The van der Waals surface area contributed by atoms with Crippen LogP contribution in [-0.4, -0.2) is 21.9 Å². The van der Waals surface area contributed by atoms with Crippen LogP contribution < -0.4 is 15.4 Å². The minimum atomic E-state index is -4.77. The molecule has 1 heterocycles. The molecule has 31 heavy (non-hydrogen) atoms. The van der Waals surface area contributed by atoms with Gasteiger partial charge in [0.25, 0.3) is 0 Å². The summed E-state index contributed by atoms with van der Waals surface area (Å²) in [5.41, 5.74) is 2.46. The molecule has 0 aliphatic heterocycles. The van der Waals surface area contributed by atoms with Gasteiger partial charge in [0.2, 0.25) is 5.95 Å². The molecule has 3 rings (SSSR count). The first-order valence-electron chi connectivity index (χ1n) is 9.45. The number of nitrogens with one attached hydrogen (secondary N) is 2. The maximum Gasteiger partial charge on any atom is 0.573 e. The lowest BCUT2D eigenvalue weighted by molar-refractivity contribution is -0.274. The summed E-state index contributed by atoms with van der Waals surface area (Å²) in [6.45, 7) is 7.86. The molecule has 0 atom stereocenters. The fraction of sp³-hybridized carbons (Fsp3) is 0.273. The number of halogens is 4. The fourth-order valence-electron chi connectivity index (χ4n) is 2.81. The van der Waals surface area contributed by atoms with E-state index in [4.69, 9.17) is 0 Å². The molecule has 164 valence electrons. The molecule has 0 saturated heterocycles. The van der Waals surface area contributed by atoms with Crippen LogP contribution in [-0.2, 0) is 0 Å². The molecule has 0 bridgehead atoms. The Morgan fingerprint density at radius 1 is 0.968 bits per heavy atom. The number of nitrogens with zero attached hydrogens (tertiary/aromatic N) is 2. The Morgan fingerprint density at radius 3 is 2.35 bits per heavy atom. The van der Waals surface area contributed by atoms with Gasteiger partial charge in [-0.3, -0.25) is 0 Å². The summed E-state index contributed by atoms with van der Waals surface area (Å²) in [6.07, 6.45) is -4.77. The van der Waals surface area contributed by atoms with Gasteiger partial charge in [0.15, 0.2) is 0 Å². The van der Waals surface area contributed by atoms with Crippen LogP contribution in [0.1, 0.15) is 26.3 Å². The average molecular weight is 495 g/mol. The van der Waals surface area contributed by atoms with Crippen molar-refractivity contribution in [1.82, 2.24) is 9.97 Å². The summed E-state index contributed by atoms with van der Waals surface area (Å²) in [7, 11) is 0. The topological polar surface area (TPSA) is 59.1 Å². The maximum atomic E-state index is 12.6. The summed E-state index contributed by atoms with van der Waals surface area (Å²) < 4.78 is 42.9. The van der Waals surface area contributed by atoms with E-state index in [0.717, 1.165) is 15.7 Å². The highest BCUT2D eigenvalue weighted by Gasteiger charge is 2.31. The molecule has 0 aliphatic carbocycles. The third-order valence-electron chi connectivity index (χ3n) is 4.03. The Balaban J connectivity index is 2.02. The van der Waals surface area contributed by atoms with Gasteiger partial charge < -0.3 is 15.4 Å². The van der Waals surface area contributed by atoms with E-state index >= 15 is 0 Å². The molecule has 1 aromatic heterocycles. The van der Waals surface area contributed by atoms with E-state index in [1.807, 2.05) is 45.9 Å². The van der Waals surface area contributed by atoms with Crippen LogP contribution in [0.5, 0.6) is 5.75 Å². The van der Waals surface area contributed by atoms with Gasteiger partial charge in [-0.2, -0.15) is 4.98 Å². The molecular formula is C22H22BrF3N4O. The Labute approximate surface area is 187 Å². The van der Waals surface area contributed by atoms with Gasteiger partial charge in [-0.05, 0) is 63.6 Å². The quantitative estimate of drug-likeness (QED) is 0.397. The first-order valence-corrected chi connectivity index (χ1v) is 10.2. The SMILES string of the molecule is Cc1cc(Br)ccc1Nc1cc(-c2cccc(OC(F)(F)F)c2)nc(NC(C)(C)C)n1. The second kappa shape index (κ2) is 8.74. The first kappa shape index (κ1) is 22.9. The highest BCUT2D eigenvalue weighted by molar-refractivity contribution is 9.10. The molecule has 0 spiro atoms. The number of hydrogen-bond acceptors (Lipinski definition) is 5. The number of ether oxygens (including phenoxy) is 1. The number of aromatic nitrogens is 2. The van der Waals surface area contributed by atoms with Crippen molar-refractivity contribution in [2.24, 2.45) is 0 Å². The van der Waals surface area contributed by atoms with E-state index in [1.54, 1.807) is 12.1 Å². The maximum absolute atomic E-state index is 12.6. The molecule has 5 nitrogen and oxygen atoms in total. The molecule has 2 N–H and O–H groups in total. The van der Waals surface area contributed by atoms with Crippen molar-refractivity contribution in [2.45, 2.75) is 39.6 Å². The third kappa shape index (κ3) is 6.85. The zero-order valence-electron chi connectivity index (χ0n) is 17.4. The van der Waals surface area contributed by atoms with Crippen LogP contribution in [0.15, 0.2) is 53.0 Å². The van der Waals surface area contributed by atoms with Crippen LogP contribution >= 0.6 is 15.9 Å². The predicted octanol–water partition coefficient (Wildman–Crippen LogP) is 7.07. The molecule has 0 amide bonds. The van der Waals surface area contributed by atoms with Gasteiger partial charge >= 0.3 is 6.36 Å². The van der Waals surface area contributed by atoms with Crippen LogP contribution in [0.4, 0.5) is 30.6 Å². The number of benzene rings is 2. The van der Waals surface area contributed by atoms with E-state index in [2.05, 4.69) is 41.3 Å². The van der Waals surface area contributed by atoms with E-state index in [-0.39, 0.29) is 11.3 Å². The largest absolute Gasteiger partial charge is 0.573 e. The third-order valence-corrected chi connectivity index (χ3v) is 4.52. The van der Waals surface area contributed by atoms with E-state index in [0.29, 0.717) is 23.0 Å². The summed E-state index contributed by atoms with van der Waals surface area (Å²) in [5.74, 6) is 0.543. The van der Waals surface area contributed by atoms with Crippen molar-refractivity contribution in [1.29, 1.82) is 0 Å². The van der Waals surface area contributed by atoms with Crippen molar-refractivity contribution < 1.29 is 17.9 Å². The molecule has 0 unspecified atom stereocenters. The summed E-state index contributed by atoms with van der Waals surface area (Å²) in [5, 5.41) is 6.48. The minimum Gasteiger partial charge on any atom is -0.406 e. The lowest BCUT2D eigenvalue weighted by Crippen LogP contribution is -2.27. The lowest BCUT2D eigenvalue weighted by atomic mass is 10.1. The Hall–Kier alpha value is -2.81. The summed E-state index contributed by atoms with van der Waals surface area (Å²) in [4.78, 5) is 9.03. The number of alkyl halides is 3. The Kier molecular flexibility index (Phi) is 6.45. The van der Waals surface area contributed by atoms with E-state index in [1.165, 1.54) is 18.2 Å². The predicted molar refractivity (Wildman–Crippen MR) is 120 cm³/mol. The lowest BCUT2D eigenvalue weighted by Gasteiger charge is -2.21. The number of rotatable bonds is 5. The van der Waals surface area contributed by atoms with Gasteiger partial charge in [0, 0.05) is 27.3 Å². The molecule has 0 radical (unpaired) electrons. The number of aryl methyl sites for hydroxylation is 1. The monoisotopic (exact) mass is 494 g/mol. The van der Waals surface area contributed by atoms with Crippen molar-refractivity contribution in [3.05, 3.63) is 58.6 Å². The van der Waals surface area contributed by atoms with Crippen molar-refractivity contribution in [3.63, 3.8) is 0 Å². The van der Waals surface area contributed by atoms with Gasteiger partial charge in [0.05, 0.1) is 5.69 Å². The van der Waals surface area contributed by atoms with Crippen LogP contribution in [0, 0.1) is 6.92 Å². The molecule has 2 aromatic carbocycles. The number of anilines is 3. The normalized spacial score (nSPS) is 11.9. The standard InChI is InChI=1S/C22H22BrF3N4O/c1-13-10-15(23)8-9-17(13)27-19-12-18(28-20(29-19)30-21(2,3)4)14-6-5-7-16(11-14)31-22(24,25)26/h5-12H,1-4H3,(H2,27,28,29,30). The highest BCUT2D eigenvalue weighted by Crippen LogP contribution is 2.30. The van der Waals surface area contributed by atoms with Crippen molar-refractivity contribution >= 4 is 33.4 Å². The van der Waals surface area contributed by atoms with E-state index in [9.17, 15) is 13.2 Å². The zero-order valence-corrected chi connectivity index (χ0v) is 19.0. The average Bonchev–Trinajstić information content (AvgIpc) is 2.61. The molecule has 9 heteroatoms. The Bertz CT molecular complexity index is 1080. The van der Waals surface area contributed by atoms with Gasteiger partial charge in [-0.1, -0.05) is 28.1 Å². The zero-order chi connectivity index (χ0) is 22.8. The highest BCUT2D eigenvalue weighted by atomic mass is 79.9. The van der Waals surface area contributed by atoms with Crippen molar-refractivity contribution in [2.75, 3.05) is 10.6 Å². The van der Waals surface area contributed by atoms with Gasteiger partial charge in [0.1, 0.15) is 11.6 Å². The molecule has 3 aromatic rings. The summed E-state index contributed by atoms with van der Waals surface area (Å²) in [6, 6.07) is 13.2. The van der Waals surface area contributed by atoms with Gasteiger partial charge in [-0.25, -0.2) is 4.98 Å². The molecular weight excluding hydrogens is 473 g/mol. The first-order chi connectivity index (χ1) is 14.4. The second-order valence-corrected chi connectivity index (χ2v) is 8.91. The minimum absolute atomic E-state index is 0.313. The van der Waals surface area contributed by atoms with E-state index < -0.39 is 6.36 Å². The van der Waals surface area contributed by atoms with Crippen LogP contribution in [0.2, 0.25) is 0 Å². The van der Waals surface area contributed by atoms with Crippen LogP contribution in [0.25, 0.3) is 11.3 Å². The second-order valence-electron chi connectivity index (χ2n) is 8.00. The molecule has 0 fully saturated rings. The molecule has 0 aliphatic rings. The van der Waals surface area contributed by atoms with Crippen molar-refractivity contribution in [3.8, 4) is 17.0 Å². The van der Waals surface area contributed by atoms with Crippen LogP contribution in [0.3, 0.4) is 0 Å².